The van der Waals surface area contributed by atoms with Crippen molar-refractivity contribution in [3.05, 3.63) is 18.5 Å². The van der Waals surface area contributed by atoms with Crippen LogP contribution in [0.5, 0.6) is 0 Å². The number of hydrogen-bond donors (Lipinski definition) is 3. The number of methoxy groups -OCH3 is 1. The highest BCUT2D eigenvalue weighted by Crippen LogP contribution is 2.10. The molecule has 108 valence electrons. The van der Waals surface area contributed by atoms with E-state index in [1.54, 1.807) is 25.6 Å². The van der Waals surface area contributed by atoms with Gasteiger partial charge in [0.15, 0.2) is 0 Å². The summed E-state index contributed by atoms with van der Waals surface area (Å²) in [6.45, 7) is 2.61. The Morgan fingerprint density at radius 3 is 2.75 bits per heavy atom. The summed E-state index contributed by atoms with van der Waals surface area (Å²) in [5.74, 6) is 6.44. The molecule has 2 heterocycles. The average Bonchev–Trinajstić information content (AvgIpc) is 3.00. The zero-order chi connectivity index (χ0) is 14.4. The molecule has 4 N–H and O–H groups in total. The van der Waals surface area contributed by atoms with Crippen LogP contribution >= 0.6 is 0 Å². The van der Waals surface area contributed by atoms with Crippen molar-refractivity contribution in [2.45, 2.75) is 19.4 Å². The zero-order valence-corrected chi connectivity index (χ0v) is 11.4. The Morgan fingerprint density at radius 2 is 2.15 bits per heavy atom. The third-order valence-corrected chi connectivity index (χ3v) is 2.66. The van der Waals surface area contributed by atoms with Crippen molar-refractivity contribution >= 4 is 11.9 Å². The van der Waals surface area contributed by atoms with Gasteiger partial charge >= 0.3 is 0 Å². The Bertz CT molecular complexity index is 529. The lowest BCUT2D eigenvalue weighted by molar-refractivity contribution is 0.184. The molecule has 0 spiro atoms. The minimum atomic E-state index is 0.110. The van der Waals surface area contributed by atoms with Crippen LogP contribution < -0.4 is 16.6 Å². The maximum Gasteiger partial charge on any atom is 0.257 e. The number of aromatic nitrogens is 5. The molecule has 0 fully saturated rings. The molecule has 9 nitrogen and oxygen atoms in total. The van der Waals surface area contributed by atoms with Gasteiger partial charge in [0.1, 0.15) is 0 Å². The van der Waals surface area contributed by atoms with E-state index in [2.05, 4.69) is 30.8 Å². The van der Waals surface area contributed by atoms with Crippen molar-refractivity contribution < 1.29 is 4.74 Å². The molecular weight excluding hydrogens is 260 g/mol. The Hall–Kier alpha value is -2.26. The molecule has 20 heavy (non-hydrogen) atoms. The first-order valence-electron chi connectivity index (χ1n) is 6.25. The van der Waals surface area contributed by atoms with Gasteiger partial charge in [-0.25, -0.2) is 10.5 Å². The molecule has 0 saturated carbocycles. The molecule has 0 aromatic carbocycles. The van der Waals surface area contributed by atoms with E-state index in [4.69, 9.17) is 10.6 Å². The summed E-state index contributed by atoms with van der Waals surface area (Å²) in [5.41, 5.74) is 2.42. The predicted octanol–water partition coefficient (Wildman–Crippen LogP) is 0.180. The monoisotopic (exact) mass is 278 g/mol. The molecule has 2 rings (SSSR count). The van der Waals surface area contributed by atoms with Crippen LogP contribution in [0.15, 0.2) is 18.5 Å². The normalized spacial score (nSPS) is 12.2. The summed E-state index contributed by atoms with van der Waals surface area (Å²) >= 11 is 0. The molecule has 2 aromatic rings. The summed E-state index contributed by atoms with van der Waals surface area (Å²) in [7, 11) is 1.65. The number of nitrogen functional groups attached to an aromatic ring is 1. The minimum Gasteiger partial charge on any atom is -0.383 e. The molecule has 2 aromatic heterocycles. The second-order valence-corrected chi connectivity index (χ2v) is 4.08. The van der Waals surface area contributed by atoms with Gasteiger partial charge in [-0.15, -0.1) is 0 Å². The topological polar surface area (TPSA) is 116 Å². The number of rotatable bonds is 7. The van der Waals surface area contributed by atoms with Crippen molar-refractivity contribution in [2.24, 2.45) is 5.84 Å². The van der Waals surface area contributed by atoms with Gasteiger partial charge in [0.25, 0.3) is 5.95 Å². The quantitative estimate of drug-likeness (QED) is 0.485. The van der Waals surface area contributed by atoms with E-state index in [0.717, 1.165) is 6.42 Å². The fourth-order valence-corrected chi connectivity index (χ4v) is 1.63. The van der Waals surface area contributed by atoms with E-state index in [1.807, 2.05) is 6.92 Å². The van der Waals surface area contributed by atoms with Gasteiger partial charge in [-0.05, 0) is 12.5 Å². The van der Waals surface area contributed by atoms with Crippen LogP contribution in [0.2, 0.25) is 0 Å². The van der Waals surface area contributed by atoms with Crippen molar-refractivity contribution in [1.29, 1.82) is 0 Å². The van der Waals surface area contributed by atoms with Crippen LogP contribution in [0, 0.1) is 0 Å². The highest BCUT2D eigenvalue weighted by molar-refractivity contribution is 5.37. The van der Waals surface area contributed by atoms with Gasteiger partial charge in [0.2, 0.25) is 11.9 Å². The summed E-state index contributed by atoms with van der Waals surface area (Å²) in [5, 5.41) is 7.26. The van der Waals surface area contributed by atoms with Crippen molar-refractivity contribution in [2.75, 3.05) is 24.5 Å². The molecule has 1 atom stereocenters. The largest absolute Gasteiger partial charge is 0.383 e. The highest BCUT2D eigenvalue weighted by Gasteiger charge is 2.11. The van der Waals surface area contributed by atoms with Gasteiger partial charge in [0, 0.05) is 19.5 Å². The molecule has 1 unspecified atom stereocenters. The number of hydrogen-bond acceptors (Lipinski definition) is 8. The number of nitrogens with two attached hydrogens (primary N) is 1. The third-order valence-electron chi connectivity index (χ3n) is 2.66. The molecular formula is C11H18N8O. The molecule has 0 amide bonds. The lowest BCUT2D eigenvalue weighted by Gasteiger charge is -2.16. The van der Waals surface area contributed by atoms with Crippen LogP contribution in [0.4, 0.5) is 11.9 Å². The van der Waals surface area contributed by atoms with Crippen molar-refractivity contribution in [3.8, 4) is 5.95 Å². The molecule has 0 saturated heterocycles. The SMILES string of the molecule is CCC(COC)Nc1nc(NN)nc(-n2cccn2)n1. The van der Waals surface area contributed by atoms with E-state index < -0.39 is 0 Å². The Morgan fingerprint density at radius 1 is 1.35 bits per heavy atom. The zero-order valence-electron chi connectivity index (χ0n) is 11.4. The van der Waals surface area contributed by atoms with Crippen molar-refractivity contribution in [1.82, 2.24) is 24.7 Å². The van der Waals surface area contributed by atoms with E-state index in [0.29, 0.717) is 18.5 Å². The van der Waals surface area contributed by atoms with Gasteiger partial charge < -0.3 is 10.1 Å². The van der Waals surface area contributed by atoms with Crippen LogP contribution in [0.3, 0.4) is 0 Å². The molecule has 9 heteroatoms. The Kier molecular flexibility index (Phi) is 4.80. The number of nitrogens with zero attached hydrogens (tertiary/aromatic N) is 5. The Labute approximate surface area is 116 Å². The maximum atomic E-state index is 5.38. The summed E-state index contributed by atoms with van der Waals surface area (Å²) < 4.78 is 6.67. The van der Waals surface area contributed by atoms with Crippen LogP contribution in [-0.4, -0.2) is 44.5 Å². The van der Waals surface area contributed by atoms with E-state index in [9.17, 15) is 0 Å². The maximum absolute atomic E-state index is 5.38. The standard InChI is InChI=1S/C11H18N8O/c1-3-8(7-20-2)14-9-15-10(18-12)17-11(16-9)19-6-4-5-13-19/h4-6,8H,3,7,12H2,1-2H3,(H2,14,15,16,17,18). The smallest absolute Gasteiger partial charge is 0.257 e. The molecule has 0 radical (unpaired) electrons. The Balaban J connectivity index is 2.26. The van der Waals surface area contributed by atoms with Crippen LogP contribution in [0.1, 0.15) is 13.3 Å². The first-order valence-corrected chi connectivity index (χ1v) is 6.25. The number of hydrazine groups is 1. The van der Waals surface area contributed by atoms with Crippen LogP contribution in [0.25, 0.3) is 5.95 Å². The summed E-state index contributed by atoms with van der Waals surface area (Å²) in [6, 6.07) is 1.89. The fourth-order valence-electron chi connectivity index (χ4n) is 1.63. The summed E-state index contributed by atoms with van der Waals surface area (Å²) in [4.78, 5) is 12.6. The molecule has 0 bridgehead atoms. The first kappa shape index (κ1) is 14.2. The average molecular weight is 278 g/mol. The first-order chi connectivity index (χ1) is 9.76. The minimum absolute atomic E-state index is 0.110. The second-order valence-electron chi connectivity index (χ2n) is 4.08. The summed E-state index contributed by atoms with van der Waals surface area (Å²) in [6.07, 6.45) is 4.26. The fraction of sp³-hybridized carbons (Fsp3) is 0.455. The number of anilines is 2. The van der Waals surface area contributed by atoms with E-state index >= 15 is 0 Å². The number of nitrogens with one attached hydrogen (secondary N) is 2. The van der Waals surface area contributed by atoms with Gasteiger partial charge in [-0.3, -0.25) is 5.43 Å². The molecule has 0 aliphatic carbocycles. The second kappa shape index (κ2) is 6.78. The van der Waals surface area contributed by atoms with Gasteiger partial charge in [-0.1, -0.05) is 6.92 Å². The molecule has 0 aliphatic heterocycles. The lowest BCUT2D eigenvalue weighted by atomic mass is 10.2. The van der Waals surface area contributed by atoms with E-state index in [1.165, 1.54) is 4.68 Å². The predicted molar refractivity (Wildman–Crippen MR) is 74.3 cm³/mol. The lowest BCUT2D eigenvalue weighted by Crippen LogP contribution is -2.26. The van der Waals surface area contributed by atoms with Gasteiger partial charge in [0.05, 0.1) is 12.6 Å². The number of ether oxygens (including phenoxy) is 1. The highest BCUT2D eigenvalue weighted by atomic mass is 16.5. The van der Waals surface area contributed by atoms with Crippen molar-refractivity contribution in [3.63, 3.8) is 0 Å². The van der Waals surface area contributed by atoms with Gasteiger partial charge in [-0.2, -0.15) is 20.1 Å². The third kappa shape index (κ3) is 3.39. The van der Waals surface area contributed by atoms with Crippen LogP contribution in [-0.2, 0) is 4.74 Å². The molecule has 0 aliphatic rings. The van der Waals surface area contributed by atoms with E-state index in [-0.39, 0.29) is 12.0 Å².